The van der Waals surface area contributed by atoms with Gasteiger partial charge in [-0.1, -0.05) is 6.07 Å². The standard InChI is InChI=1S/C12H16N2O2/c1-12(8-13-4-5-14-12)10-2-3-11-9(6-10)7-15-16-11/h2-3,6,13-14H,4-5,7-8H2,1H3. The highest BCUT2D eigenvalue weighted by atomic mass is 17.2. The summed E-state index contributed by atoms with van der Waals surface area (Å²) in [6, 6.07) is 6.26. The van der Waals surface area contributed by atoms with Crippen LogP contribution in [-0.4, -0.2) is 19.6 Å². The van der Waals surface area contributed by atoms with Gasteiger partial charge in [0.2, 0.25) is 0 Å². The maximum absolute atomic E-state index is 5.04. The van der Waals surface area contributed by atoms with Crippen LogP contribution in [0, 0.1) is 0 Å². The summed E-state index contributed by atoms with van der Waals surface area (Å²) < 4.78 is 0. The highest BCUT2D eigenvalue weighted by Crippen LogP contribution is 2.31. The molecular weight excluding hydrogens is 204 g/mol. The third kappa shape index (κ3) is 1.59. The summed E-state index contributed by atoms with van der Waals surface area (Å²) in [6.07, 6.45) is 0. The fourth-order valence-electron chi connectivity index (χ4n) is 2.30. The lowest BCUT2D eigenvalue weighted by Gasteiger charge is -2.36. The van der Waals surface area contributed by atoms with E-state index >= 15 is 0 Å². The molecule has 0 aliphatic carbocycles. The molecule has 2 N–H and O–H groups in total. The summed E-state index contributed by atoms with van der Waals surface area (Å²) in [5, 5.41) is 6.98. The summed E-state index contributed by atoms with van der Waals surface area (Å²) in [7, 11) is 0. The molecule has 2 heterocycles. The van der Waals surface area contributed by atoms with Gasteiger partial charge in [-0.3, -0.25) is 0 Å². The first-order valence-corrected chi connectivity index (χ1v) is 5.67. The van der Waals surface area contributed by atoms with Gasteiger partial charge in [0.25, 0.3) is 0 Å². The van der Waals surface area contributed by atoms with Gasteiger partial charge in [-0.25, -0.2) is 0 Å². The maximum atomic E-state index is 5.04. The Balaban J connectivity index is 1.93. The monoisotopic (exact) mass is 220 g/mol. The molecule has 0 radical (unpaired) electrons. The number of benzene rings is 1. The predicted octanol–water partition coefficient (Wildman–Crippen LogP) is 0.919. The summed E-state index contributed by atoms with van der Waals surface area (Å²) in [6.45, 7) is 5.76. The molecule has 0 amide bonds. The smallest absolute Gasteiger partial charge is 0.171 e. The SMILES string of the molecule is CC1(c2ccc3c(c2)COO3)CNCCN1. The lowest BCUT2D eigenvalue weighted by atomic mass is 9.89. The van der Waals surface area contributed by atoms with Crippen molar-refractivity contribution in [2.75, 3.05) is 19.6 Å². The van der Waals surface area contributed by atoms with E-state index in [0.29, 0.717) is 6.61 Å². The highest BCUT2D eigenvalue weighted by molar-refractivity contribution is 5.40. The molecule has 1 aromatic carbocycles. The molecule has 0 aromatic heterocycles. The van der Waals surface area contributed by atoms with Gasteiger partial charge >= 0.3 is 0 Å². The van der Waals surface area contributed by atoms with E-state index in [9.17, 15) is 0 Å². The van der Waals surface area contributed by atoms with Crippen LogP contribution < -0.4 is 15.5 Å². The minimum atomic E-state index is 0.00979. The minimum absolute atomic E-state index is 0.00979. The summed E-state index contributed by atoms with van der Waals surface area (Å²) in [5.41, 5.74) is 2.43. The average molecular weight is 220 g/mol. The van der Waals surface area contributed by atoms with Crippen molar-refractivity contribution in [1.82, 2.24) is 10.6 Å². The Bertz CT molecular complexity index is 400. The first kappa shape index (κ1) is 10.1. The van der Waals surface area contributed by atoms with Crippen molar-refractivity contribution in [2.45, 2.75) is 19.1 Å². The third-order valence-electron chi connectivity index (χ3n) is 3.36. The van der Waals surface area contributed by atoms with E-state index in [-0.39, 0.29) is 5.54 Å². The van der Waals surface area contributed by atoms with Crippen molar-refractivity contribution in [1.29, 1.82) is 0 Å². The van der Waals surface area contributed by atoms with E-state index < -0.39 is 0 Å². The van der Waals surface area contributed by atoms with E-state index in [1.165, 1.54) is 5.56 Å². The van der Waals surface area contributed by atoms with Crippen molar-refractivity contribution < 1.29 is 9.78 Å². The molecule has 16 heavy (non-hydrogen) atoms. The number of hydrogen-bond donors (Lipinski definition) is 2. The third-order valence-corrected chi connectivity index (χ3v) is 3.36. The molecule has 1 fully saturated rings. The van der Waals surface area contributed by atoms with E-state index in [4.69, 9.17) is 9.78 Å². The number of rotatable bonds is 1. The topological polar surface area (TPSA) is 42.5 Å². The van der Waals surface area contributed by atoms with Gasteiger partial charge in [-0.05, 0) is 24.6 Å². The molecule has 86 valence electrons. The second-order valence-corrected chi connectivity index (χ2v) is 4.60. The van der Waals surface area contributed by atoms with Crippen LogP contribution in [0.4, 0.5) is 0 Å². The van der Waals surface area contributed by atoms with Crippen LogP contribution in [0.5, 0.6) is 5.75 Å². The zero-order valence-electron chi connectivity index (χ0n) is 9.38. The molecule has 0 bridgehead atoms. The molecule has 1 atom stereocenters. The van der Waals surface area contributed by atoms with E-state index in [0.717, 1.165) is 30.9 Å². The summed E-state index contributed by atoms with van der Waals surface area (Å²) in [4.78, 5) is 9.99. The van der Waals surface area contributed by atoms with E-state index in [2.05, 4.69) is 29.7 Å². The van der Waals surface area contributed by atoms with Crippen molar-refractivity contribution in [2.24, 2.45) is 0 Å². The van der Waals surface area contributed by atoms with Gasteiger partial charge in [-0.15, -0.1) is 0 Å². The summed E-state index contributed by atoms with van der Waals surface area (Å²) in [5.74, 6) is 0.844. The molecule has 0 spiro atoms. The fourth-order valence-corrected chi connectivity index (χ4v) is 2.30. The molecule has 4 nitrogen and oxygen atoms in total. The largest absolute Gasteiger partial charge is 0.337 e. The fraction of sp³-hybridized carbons (Fsp3) is 0.500. The Hall–Kier alpha value is -1.10. The lowest BCUT2D eigenvalue weighted by molar-refractivity contribution is -0.194. The predicted molar refractivity (Wildman–Crippen MR) is 60.1 cm³/mol. The lowest BCUT2D eigenvalue weighted by Crippen LogP contribution is -2.54. The first-order chi connectivity index (χ1) is 7.78. The van der Waals surface area contributed by atoms with Crippen molar-refractivity contribution >= 4 is 0 Å². The van der Waals surface area contributed by atoms with Crippen LogP contribution in [0.1, 0.15) is 18.1 Å². The van der Waals surface area contributed by atoms with E-state index in [1.54, 1.807) is 0 Å². The molecule has 1 aromatic rings. The quantitative estimate of drug-likeness (QED) is 0.691. The van der Waals surface area contributed by atoms with Gasteiger partial charge in [0.15, 0.2) is 5.75 Å². The molecule has 3 rings (SSSR count). The molecule has 2 aliphatic rings. The average Bonchev–Trinajstić information content (AvgIpc) is 2.77. The number of fused-ring (bicyclic) bond motifs is 1. The van der Waals surface area contributed by atoms with Gasteiger partial charge < -0.3 is 15.5 Å². The van der Waals surface area contributed by atoms with E-state index in [1.807, 2.05) is 6.07 Å². The van der Waals surface area contributed by atoms with Crippen molar-refractivity contribution in [3.63, 3.8) is 0 Å². The van der Waals surface area contributed by atoms with Crippen molar-refractivity contribution in [3.05, 3.63) is 29.3 Å². The van der Waals surface area contributed by atoms with Crippen LogP contribution in [0.15, 0.2) is 18.2 Å². The zero-order chi connectivity index (χ0) is 11.0. The van der Waals surface area contributed by atoms with Crippen LogP contribution in [0.25, 0.3) is 0 Å². The second kappa shape index (κ2) is 3.73. The van der Waals surface area contributed by atoms with Gasteiger partial charge in [0.1, 0.15) is 6.61 Å². The van der Waals surface area contributed by atoms with Gasteiger partial charge in [-0.2, -0.15) is 4.89 Å². The normalized spacial score (nSPS) is 28.6. The Kier molecular flexibility index (Phi) is 2.35. The van der Waals surface area contributed by atoms with Crippen LogP contribution in [0.2, 0.25) is 0 Å². The zero-order valence-corrected chi connectivity index (χ0v) is 9.38. The second-order valence-electron chi connectivity index (χ2n) is 4.60. The minimum Gasteiger partial charge on any atom is -0.337 e. The molecular formula is C12H16N2O2. The van der Waals surface area contributed by atoms with Crippen LogP contribution in [0.3, 0.4) is 0 Å². The molecule has 0 saturated carbocycles. The molecule has 1 unspecified atom stereocenters. The van der Waals surface area contributed by atoms with Gasteiger partial charge in [0, 0.05) is 25.2 Å². The Morgan fingerprint density at radius 2 is 2.25 bits per heavy atom. The number of nitrogens with one attached hydrogen (secondary N) is 2. The first-order valence-electron chi connectivity index (χ1n) is 5.67. The van der Waals surface area contributed by atoms with Gasteiger partial charge in [0.05, 0.1) is 5.54 Å². The van der Waals surface area contributed by atoms with Crippen LogP contribution >= 0.6 is 0 Å². The number of hydrogen-bond acceptors (Lipinski definition) is 4. The highest BCUT2D eigenvalue weighted by Gasteiger charge is 2.29. The van der Waals surface area contributed by atoms with Crippen molar-refractivity contribution in [3.8, 4) is 5.75 Å². The summed E-state index contributed by atoms with van der Waals surface area (Å²) >= 11 is 0. The molecule has 1 saturated heterocycles. The molecule has 4 heteroatoms. The Morgan fingerprint density at radius 1 is 1.31 bits per heavy atom. The van der Waals surface area contributed by atoms with Crippen LogP contribution in [-0.2, 0) is 17.0 Å². The molecule has 2 aliphatic heterocycles. The Labute approximate surface area is 94.9 Å². The number of piperazine rings is 1. The maximum Gasteiger partial charge on any atom is 0.171 e. The Morgan fingerprint density at radius 3 is 3.06 bits per heavy atom.